The predicted molar refractivity (Wildman–Crippen MR) is 98.5 cm³/mol. The van der Waals surface area contributed by atoms with E-state index in [4.69, 9.17) is 4.74 Å². The lowest BCUT2D eigenvalue weighted by molar-refractivity contribution is -0.139. The molecule has 1 aliphatic heterocycles. The van der Waals surface area contributed by atoms with Gasteiger partial charge in [-0.1, -0.05) is 6.92 Å². The first kappa shape index (κ1) is 20.5. The number of carbonyl (C=O) groups excluding carboxylic acids is 3. The number of piperazine rings is 1. The summed E-state index contributed by atoms with van der Waals surface area (Å²) in [5, 5.41) is 3.05. The number of nitrogens with zero attached hydrogens (tertiary/aromatic N) is 2. The molecule has 148 valence electrons. The van der Waals surface area contributed by atoms with Crippen LogP contribution in [0.15, 0.2) is 0 Å². The van der Waals surface area contributed by atoms with Crippen LogP contribution in [-0.4, -0.2) is 66.5 Å². The Labute approximate surface area is 156 Å². The molecule has 1 aliphatic carbocycles. The number of ether oxygens (including phenoxy) is 1. The van der Waals surface area contributed by atoms with E-state index in [2.05, 4.69) is 12.2 Å². The van der Waals surface area contributed by atoms with E-state index >= 15 is 0 Å². The Morgan fingerprint density at radius 3 is 2.04 bits per heavy atom. The molecule has 0 bridgehead atoms. The standard InChI is InChI=1S/C19H33N3O4/c1-4-14(3)20-17(23)15-6-8-16(9-7-15)18(24)21-10-12-22(13-11-21)19(25)26-5-2/h14-16H,4-13H2,1-3H3,(H,20,23). The van der Waals surface area contributed by atoms with Crippen molar-refractivity contribution < 1.29 is 19.1 Å². The molecule has 3 amide bonds. The maximum atomic E-state index is 12.7. The minimum absolute atomic E-state index is 0.0109. The maximum Gasteiger partial charge on any atom is 0.409 e. The molecule has 1 saturated heterocycles. The highest BCUT2D eigenvalue weighted by molar-refractivity contribution is 5.81. The number of rotatable bonds is 5. The van der Waals surface area contributed by atoms with Crippen molar-refractivity contribution in [1.29, 1.82) is 0 Å². The zero-order valence-electron chi connectivity index (χ0n) is 16.3. The summed E-state index contributed by atoms with van der Waals surface area (Å²) in [5.41, 5.74) is 0. The summed E-state index contributed by atoms with van der Waals surface area (Å²) in [6, 6.07) is 0.206. The van der Waals surface area contributed by atoms with Crippen LogP contribution in [0, 0.1) is 11.8 Å². The van der Waals surface area contributed by atoms with Gasteiger partial charge in [-0.25, -0.2) is 4.79 Å². The highest BCUT2D eigenvalue weighted by atomic mass is 16.6. The Hall–Kier alpha value is -1.79. The van der Waals surface area contributed by atoms with E-state index in [1.807, 2.05) is 11.8 Å². The van der Waals surface area contributed by atoms with Crippen molar-refractivity contribution in [3.05, 3.63) is 0 Å². The van der Waals surface area contributed by atoms with Gasteiger partial charge in [-0.15, -0.1) is 0 Å². The maximum absolute atomic E-state index is 12.7. The molecule has 0 aromatic heterocycles. The number of nitrogens with one attached hydrogen (secondary N) is 1. The van der Waals surface area contributed by atoms with Gasteiger partial charge in [-0.3, -0.25) is 9.59 Å². The lowest BCUT2D eigenvalue weighted by Crippen LogP contribution is -2.52. The van der Waals surface area contributed by atoms with Gasteiger partial charge in [0.25, 0.3) is 0 Å². The fourth-order valence-corrected chi connectivity index (χ4v) is 3.65. The molecule has 2 fully saturated rings. The third kappa shape index (κ3) is 5.35. The lowest BCUT2D eigenvalue weighted by atomic mass is 9.80. The molecule has 1 saturated carbocycles. The Bertz CT molecular complexity index is 495. The molecule has 2 aliphatic rings. The zero-order valence-corrected chi connectivity index (χ0v) is 16.3. The quantitative estimate of drug-likeness (QED) is 0.806. The molecule has 7 heteroatoms. The Morgan fingerprint density at radius 1 is 0.962 bits per heavy atom. The summed E-state index contributed by atoms with van der Waals surface area (Å²) in [7, 11) is 0. The Morgan fingerprint density at radius 2 is 1.50 bits per heavy atom. The molecule has 0 aromatic carbocycles. The van der Waals surface area contributed by atoms with E-state index in [0.717, 1.165) is 32.1 Å². The van der Waals surface area contributed by atoms with E-state index in [1.165, 1.54) is 0 Å². The van der Waals surface area contributed by atoms with Gasteiger partial charge < -0.3 is 19.9 Å². The van der Waals surface area contributed by atoms with Crippen molar-refractivity contribution in [1.82, 2.24) is 15.1 Å². The van der Waals surface area contributed by atoms with Gasteiger partial charge in [-0.05, 0) is 46.0 Å². The van der Waals surface area contributed by atoms with Gasteiger partial charge in [0.1, 0.15) is 0 Å². The number of amides is 3. The smallest absolute Gasteiger partial charge is 0.409 e. The largest absolute Gasteiger partial charge is 0.450 e. The second kappa shape index (κ2) is 9.78. The minimum Gasteiger partial charge on any atom is -0.450 e. The highest BCUT2D eigenvalue weighted by Crippen LogP contribution is 2.30. The van der Waals surface area contributed by atoms with Crippen molar-refractivity contribution in [2.75, 3.05) is 32.8 Å². The van der Waals surface area contributed by atoms with Crippen LogP contribution in [0.2, 0.25) is 0 Å². The number of hydrogen-bond donors (Lipinski definition) is 1. The highest BCUT2D eigenvalue weighted by Gasteiger charge is 2.34. The molecule has 26 heavy (non-hydrogen) atoms. The number of hydrogen-bond acceptors (Lipinski definition) is 4. The lowest BCUT2D eigenvalue weighted by Gasteiger charge is -2.37. The fourth-order valence-electron chi connectivity index (χ4n) is 3.65. The van der Waals surface area contributed by atoms with E-state index in [0.29, 0.717) is 32.8 Å². The topological polar surface area (TPSA) is 79.0 Å². The predicted octanol–water partition coefficient (Wildman–Crippen LogP) is 2.01. The average Bonchev–Trinajstić information content (AvgIpc) is 2.67. The summed E-state index contributed by atoms with van der Waals surface area (Å²) in [4.78, 5) is 40.2. The molecule has 0 aromatic rings. The van der Waals surface area contributed by atoms with Gasteiger partial charge in [0.05, 0.1) is 6.61 Å². The van der Waals surface area contributed by atoms with Gasteiger partial charge in [-0.2, -0.15) is 0 Å². The van der Waals surface area contributed by atoms with Crippen LogP contribution in [0.5, 0.6) is 0 Å². The molecular formula is C19H33N3O4. The van der Waals surface area contributed by atoms with Crippen molar-refractivity contribution in [2.24, 2.45) is 11.8 Å². The van der Waals surface area contributed by atoms with Crippen molar-refractivity contribution >= 4 is 17.9 Å². The monoisotopic (exact) mass is 367 g/mol. The normalized spacial score (nSPS) is 24.7. The van der Waals surface area contributed by atoms with Crippen LogP contribution >= 0.6 is 0 Å². The summed E-state index contributed by atoms with van der Waals surface area (Å²) >= 11 is 0. The molecule has 0 spiro atoms. The van der Waals surface area contributed by atoms with Crippen LogP contribution in [0.3, 0.4) is 0 Å². The van der Waals surface area contributed by atoms with Crippen molar-refractivity contribution in [2.45, 2.75) is 58.9 Å². The molecule has 7 nitrogen and oxygen atoms in total. The first-order valence-corrected chi connectivity index (χ1v) is 9.97. The molecule has 1 N–H and O–H groups in total. The van der Waals surface area contributed by atoms with Crippen LogP contribution in [0.4, 0.5) is 4.79 Å². The molecule has 1 atom stereocenters. The Balaban J connectivity index is 1.75. The van der Waals surface area contributed by atoms with Crippen molar-refractivity contribution in [3.63, 3.8) is 0 Å². The second-order valence-corrected chi connectivity index (χ2v) is 7.38. The van der Waals surface area contributed by atoms with Crippen molar-refractivity contribution in [3.8, 4) is 0 Å². The van der Waals surface area contributed by atoms with Gasteiger partial charge in [0.2, 0.25) is 11.8 Å². The number of carbonyl (C=O) groups is 3. The molecule has 2 rings (SSSR count). The SMILES string of the molecule is CCOC(=O)N1CCN(C(=O)C2CCC(C(=O)NC(C)CC)CC2)CC1. The fraction of sp³-hybridized carbons (Fsp3) is 0.842. The van der Waals surface area contributed by atoms with E-state index in [1.54, 1.807) is 11.8 Å². The van der Waals surface area contributed by atoms with Crippen LogP contribution in [0.25, 0.3) is 0 Å². The van der Waals surface area contributed by atoms with E-state index in [-0.39, 0.29) is 35.8 Å². The average molecular weight is 367 g/mol. The Kier molecular flexibility index (Phi) is 7.72. The summed E-state index contributed by atoms with van der Waals surface area (Å²) < 4.78 is 5.01. The third-order valence-corrected chi connectivity index (χ3v) is 5.57. The van der Waals surface area contributed by atoms with Crippen LogP contribution < -0.4 is 5.32 Å². The summed E-state index contributed by atoms with van der Waals surface area (Å²) in [6.45, 7) is 8.40. The molecule has 0 radical (unpaired) electrons. The summed E-state index contributed by atoms with van der Waals surface area (Å²) in [5.74, 6) is 0.355. The van der Waals surface area contributed by atoms with Gasteiger partial charge in [0, 0.05) is 44.1 Å². The minimum atomic E-state index is -0.299. The molecular weight excluding hydrogens is 334 g/mol. The third-order valence-electron chi connectivity index (χ3n) is 5.57. The van der Waals surface area contributed by atoms with Gasteiger partial charge >= 0.3 is 6.09 Å². The zero-order chi connectivity index (χ0) is 19.1. The summed E-state index contributed by atoms with van der Waals surface area (Å²) in [6.07, 6.45) is 3.73. The van der Waals surface area contributed by atoms with Crippen LogP contribution in [-0.2, 0) is 14.3 Å². The first-order chi connectivity index (χ1) is 12.5. The van der Waals surface area contributed by atoms with Gasteiger partial charge in [0.15, 0.2) is 0 Å². The molecule has 1 heterocycles. The van der Waals surface area contributed by atoms with Crippen LogP contribution in [0.1, 0.15) is 52.9 Å². The van der Waals surface area contributed by atoms with E-state index < -0.39 is 0 Å². The molecule has 1 unspecified atom stereocenters. The first-order valence-electron chi connectivity index (χ1n) is 9.97. The van der Waals surface area contributed by atoms with E-state index in [9.17, 15) is 14.4 Å². The second-order valence-electron chi connectivity index (χ2n) is 7.38.